The van der Waals surface area contributed by atoms with Gasteiger partial charge in [0.15, 0.2) is 16.4 Å². The van der Waals surface area contributed by atoms with E-state index in [1.807, 2.05) is 0 Å². The van der Waals surface area contributed by atoms with Crippen molar-refractivity contribution < 1.29 is 35.9 Å². The van der Waals surface area contributed by atoms with Gasteiger partial charge in [0, 0.05) is 0 Å². The molecule has 1 saturated heterocycles. The average molecular weight is 499 g/mol. The van der Waals surface area contributed by atoms with E-state index in [2.05, 4.69) is 20.3 Å². The maximum absolute atomic E-state index is 12.7. The Hall–Kier alpha value is -3.42. The Kier molecular flexibility index (Phi) is 5.66. The number of amides is 1. The molecule has 0 aromatic carbocycles. The van der Waals surface area contributed by atoms with Crippen molar-refractivity contribution in [2.45, 2.75) is 32.5 Å². The molecule has 0 saturated carbocycles. The van der Waals surface area contributed by atoms with Gasteiger partial charge in [0.2, 0.25) is 0 Å². The molecule has 0 bridgehead atoms. The first-order valence-corrected chi connectivity index (χ1v) is 11.8. The molecule has 182 valence electrons. The maximum atomic E-state index is 12.7. The number of sulfone groups is 1. The van der Waals surface area contributed by atoms with Crippen LogP contribution in [0.15, 0.2) is 24.5 Å². The largest absolute Gasteiger partial charge is 0.464 e. The minimum atomic E-state index is -4.56. The van der Waals surface area contributed by atoms with Gasteiger partial charge in [-0.3, -0.25) is 9.20 Å². The molecule has 3 aromatic heterocycles. The van der Waals surface area contributed by atoms with Gasteiger partial charge in [-0.1, -0.05) is 0 Å². The van der Waals surface area contributed by atoms with E-state index >= 15 is 0 Å². The molecule has 3 aromatic rings. The number of ether oxygens (including phenoxy) is 2. The lowest BCUT2D eigenvalue weighted by molar-refractivity contribution is -0.154. The Balaban J connectivity index is 1.57. The molecule has 0 unspecified atom stereocenters. The molecule has 4 rings (SSSR count). The summed E-state index contributed by atoms with van der Waals surface area (Å²) in [6.07, 6.45) is -1.76. The third-order valence-electron chi connectivity index (χ3n) is 4.95. The van der Waals surface area contributed by atoms with Gasteiger partial charge in [0.1, 0.15) is 17.1 Å². The van der Waals surface area contributed by atoms with Crippen LogP contribution >= 0.6 is 0 Å². The highest BCUT2D eigenvalue weighted by Crippen LogP contribution is 2.30. The number of aryl methyl sites for hydroxylation is 2. The molecule has 0 radical (unpaired) electrons. The van der Waals surface area contributed by atoms with Gasteiger partial charge in [-0.15, -0.1) is 0 Å². The number of aromatic nitrogens is 4. The minimum Gasteiger partial charge on any atom is -0.464 e. The Morgan fingerprint density at radius 2 is 1.91 bits per heavy atom. The van der Waals surface area contributed by atoms with E-state index in [0.29, 0.717) is 17.0 Å². The van der Waals surface area contributed by atoms with Crippen molar-refractivity contribution in [1.82, 2.24) is 24.7 Å². The summed E-state index contributed by atoms with van der Waals surface area (Å²) in [5, 5.41) is 2.71. The zero-order valence-electron chi connectivity index (χ0n) is 18.3. The SMILES string of the molecule is Cc1cnc(Oc2ccc3nc(C(=O)NC4(C)CS(=O)(=O)C4)c(C)n3c2)c(OCC(F)(F)F)n1. The number of imidazole rings is 1. The number of rotatable bonds is 6. The topological polar surface area (TPSA) is 125 Å². The lowest BCUT2D eigenvalue weighted by atomic mass is 10.1. The first kappa shape index (κ1) is 23.7. The van der Waals surface area contributed by atoms with Gasteiger partial charge in [0.05, 0.1) is 40.8 Å². The van der Waals surface area contributed by atoms with E-state index in [9.17, 15) is 26.4 Å². The summed E-state index contributed by atoms with van der Waals surface area (Å²) in [6.45, 7) is 3.27. The highest BCUT2D eigenvalue weighted by atomic mass is 32.2. The number of carbonyl (C=O) groups is 1. The minimum absolute atomic E-state index is 0.104. The highest BCUT2D eigenvalue weighted by molar-refractivity contribution is 7.93. The number of pyridine rings is 1. The average Bonchev–Trinajstić information content (AvgIpc) is 3.02. The molecule has 1 aliphatic heterocycles. The molecule has 4 heterocycles. The van der Waals surface area contributed by atoms with E-state index in [1.54, 1.807) is 31.2 Å². The van der Waals surface area contributed by atoms with Crippen LogP contribution in [0, 0.1) is 13.8 Å². The number of hydrogen-bond donors (Lipinski definition) is 1. The van der Waals surface area contributed by atoms with Gasteiger partial charge in [-0.2, -0.15) is 13.2 Å². The molecule has 34 heavy (non-hydrogen) atoms. The van der Waals surface area contributed by atoms with Crippen LogP contribution in [-0.4, -0.2) is 63.5 Å². The van der Waals surface area contributed by atoms with Crippen molar-refractivity contribution in [3.63, 3.8) is 0 Å². The zero-order valence-corrected chi connectivity index (χ0v) is 19.1. The number of hydrogen-bond acceptors (Lipinski definition) is 8. The van der Waals surface area contributed by atoms with Crippen LogP contribution in [0.3, 0.4) is 0 Å². The van der Waals surface area contributed by atoms with Crippen LogP contribution in [0.4, 0.5) is 13.2 Å². The number of nitrogens with zero attached hydrogens (tertiary/aromatic N) is 4. The summed E-state index contributed by atoms with van der Waals surface area (Å²) in [7, 11) is -3.15. The summed E-state index contributed by atoms with van der Waals surface area (Å²) in [6, 6.07) is 3.05. The van der Waals surface area contributed by atoms with Crippen molar-refractivity contribution >= 4 is 21.4 Å². The zero-order chi connectivity index (χ0) is 24.9. The van der Waals surface area contributed by atoms with Crippen LogP contribution in [0.25, 0.3) is 5.65 Å². The van der Waals surface area contributed by atoms with Crippen molar-refractivity contribution in [3.05, 3.63) is 41.6 Å². The van der Waals surface area contributed by atoms with E-state index in [4.69, 9.17) is 9.47 Å². The number of alkyl halides is 3. The predicted molar refractivity (Wildman–Crippen MR) is 113 cm³/mol. The second kappa shape index (κ2) is 8.11. The van der Waals surface area contributed by atoms with E-state index in [-0.39, 0.29) is 28.8 Å². The summed E-state index contributed by atoms with van der Waals surface area (Å²) in [5.74, 6) is -1.30. The third kappa shape index (κ3) is 5.05. The number of nitrogens with one attached hydrogen (secondary N) is 1. The smallest absolute Gasteiger partial charge is 0.422 e. The Bertz CT molecular complexity index is 1380. The fourth-order valence-corrected chi connectivity index (χ4v) is 5.62. The van der Waals surface area contributed by atoms with Crippen molar-refractivity contribution in [2.24, 2.45) is 0 Å². The number of carbonyl (C=O) groups excluding carboxylic acids is 1. The van der Waals surface area contributed by atoms with Crippen molar-refractivity contribution in [1.29, 1.82) is 0 Å². The fourth-order valence-electron chi connectivity index (χ4n) is 3.62. The van der Waals surface area contributed by atoms with E-state index in [1.165, 1.54) is 18.5 Å². The maximum Gasteiger partial charge on any atom is 0.422 e. The van der Waals surface area contributed by atoms with E-state index in [0.717, 1.165) is 0 Å². The molecule has 1 N–H and O–H groups in total. The van der Waals surface area contributed by atoms with E-state index < -0.39 is 39.9 Å². The van der Waals surface area contributed by atoms with Crippen molar-refractivity contribution in [2.75, 3.05) is 18.1 Å². The Labute approximate surface area is 192 Å². The molecule has 14 heteroatoms. The van der Waals surface area contributed by atoms with Gasteiger partial charge in [-0.05, 0) is 32.9 Å². The molecule has 0 spiro atoms. The number of halogens is 3. The first-order valence-electron chi connectivity index (χ1n) is 9.96. The normalized spacial score (nSPS) is 16.6. The molecule has 0 atom stereocenters. The van der Waals surface area contributed by atoms with Crippen LogP contribution in [0.2, 0.25) is 0 Å². The second-order valence-corrected chi connectivity index (χ2v) is 10.4. The summed E-state index contributed by atoms with van der Waals surface area (Å²) >= 11 is 0. The lowest BCUT2D eigenvalue weighted by Crippen LogP contribution is -2.63. The van der Waals surface area contributed by atoms with Crippen LogP contribution in [0.5, 0.6) is 17.5 Å². The monoisotopic (exact) mass is 499 g/mol. The highest BCUT2D eigenvalue weighted by Gasteiger charge is 2.46. The van der Waals surface area contributed by atoms with Gasteiger partial charge in [-0.25, -0.2) is 23.4 Å². The lowest BCUT2D eigenvalue weighted by Gasteiger charge is -2.38. The van der Waals surface area contributed by atoms with Crippen molar-refractivity contribution in [3.8, 4) is 17.5 Å². The van der Waals surface area contributed by atoms with Crippen LogP contribution in [-0.2, 0) is 9.84 Å². The molecular formula is C20H20F3N5O5S. The second-order valence-electron chi connectivity index (χ2n) is 8.31. The summed E-state index contributed by atoms with van der Waals surface area (Å²) < 4.78 is 72.6. The molecule has 10 nitrogen and oxygen atoms in total. The number of fused-ring (bicyclic) bond motifs is 1. The predicted octanol–water partition coefficient (Wildman–Crippen LogP) is 2.39. The Morgan fingerprint density at radius 1 is 1.21 bits per heavy atom. The standard InChI is InChI=1S/C20H20F3N5O5S/c1-11-6-24-17(18(25-11)32-8-20(21,22)23)33-13-4-5-14-26-15(12(2)28(14)7-13)16(29)27-19(3)9-34(30,31)10-19/h4-7H,8-10H2,1-3H3,(H,27,29). The summed E-state index contributed by atoms with van der Waals surface area (Å²) in [4.78, 5) is 24.9. The molecule has 1 aliphatic rings. The molecular weight excluding hydrogens is 479 g/mol. The van der Waals surface area contributed by atoms with Crippen LogP contribution < -0.4 is 14.8 Å². The molecule has 1 fully saturated rings. The third-order valence-corrected chi connectivity index (χ3v) is 7.11. The quantitative estimate of drug-likeness (QED) is 0.548. The molecule has 0 aliphatic carbocycles. The Morgan fingerprint density at radius 3 is 2.56 bits per heavy atom. The van der Waals surface area contributed by atoms with Crippen LogP contribution in [0.1, 0.15) is 28.8 Å². The van der Waals surface area contributed by atoms with Gasteiger partial charge < -0.3 is 14.8 Å². The molecule has 1 amide bonds. The fraction of sp³-hybridized carbons (Fsp3) is 0.400. The van der Waals surface area contributed by atoms with Gasteiger partial charge in [0.25, 0.3) is 17.7 Å². The summed E-state index contributed by atoms with van der Waals surface area (Å²) in [5.41, 5.74) is 0.446. The first-order chi connectivity index (χ1) is 15.7. The van der Waals surface area contributed by atoms with Gasteiger partial charge >= 0.3 is 6.18 Å².